The molecule has 1 aromatic carbocycles. The topological polar surface area (TPSA) is 109 Å². The van der Waals surface area contributed by atoms with Crippen LogP contribution in [0.1, 0.15) is 10.6 Å². The molecule has 1 N–H and O–H groups in total. The Kier molecular flexibility index (Phi) is 5.72. The third-order valence-corrected chi connectivity index (χ3v) is 4.50. The second kappa shape index (κ2) is 8.19. The highest BCUT2D eigenvalue weighted by molar-refractivity contribution is 6.32. The quantitative estimate of drug-likeness (QED) is 0.617. The van der Waals surface area contributed by atoms with Crippen LogP contribution in [0.4, 0.5) is 11.4 Å². The number of hydrogen-bond acceptors (Lipinski definition) is 6. The lowest BCUT2D eigenvalue weighted by molar-refractivity contribution is -0.384. The Morgan fingerprint density at radius 3 is 2.59 bits per heavy atom. The molecule has 142 valence electrons. The third-order valence-electron chi connectivity index (χ3n) is 4.19. The number of carbonyl (C=O) groups is 2. The molecule has 0 radical (unpaired) electrons. The molecular weight excluding hydrogens is 376 g/mol. The van der Waals surface area contributed by atoms with E-state index in [0.29, 0.717) is 37.6 Å². The number of nitrogens with zero attached hydrogens (tertiary/aromatic N) is 3. The van der Waals surface area contributed by atoms with Gasteiger partial charge in [-0.15, -0.1) is 0 Å². The van der Waals surface area contributed by atoms with E-state index in [4.69, 9.17) is 16.0 Å². The number of halogens is 1. The van der Waals surface area contributed by atoms with Crippen molar-refractivity contribution in [2.75, 3.05) is 38.0 Å². The Morgan fingerprint density at radius 2 is 1.96 bits per heavy atom. The number of nitro groups is 1. The van der Waals surface area contributed by atoms with Crippen LogP contribution >= 0.6 is 11.6 Å². The zero-order valence-electron chi connectivity index (χ0n) is 14.3. The van der Waals surface area contributed by atoms with Gasteiger partial charge in [0.15, 0.2) is 5.76 Å². The summed E-state index contributed by atoms with van der Waals surface area (Å²) in [5, 5.41) is 13.5. The molecule has 1 fully saturated rings. The summed E-state index contributed by atoms with van der Waals surface area (Å²) in [6, 6.07) is 7.38. The van der Waals surface area contributed by atoms with Gasteiger partial charge in [0, 0.05) is 37.9 Å². The van der Waals surface area contributed by atoms with Gasteiger partial charge in [-0.3, -0.25) is 24.6 Å². The molecule has 3 rings (SSSR count). The minimum atomic E-state index is -0.604. The number of amides is 2. The van der Waals surface area contributed by atoms with Crippen molar-refractivity contribution in [3.8, 4) is 0 Å². The van der Waals surface area contributed by atoms with Gasteiger partial charge in [-0.2, -0.15) is 0 Å². The zero-order valence-corrected chi connectivity index (χ0v) is 15.0. The van der Waals surface area contributed by atoms with Crippen LogP contribution in [0.15, 0.2) is 41.0 Å². The lowest BCUT2D eigenvalue weighted by atomic mass is 10.2. The smallest absolute Gasteiger partial charge is 0.289 e. The minimum Gasteiger partial charge on any atom is -0.459 e. The summed E-state index contributed by atoms with van der Waals surface area (Å²) in [6.45, 7) is 2.18. The van der Waals surface area contributed by atoms with Gasteiger partial charge in [-0.05, 0) is 24.3 Å². The average Bonchev–Trinajstić information content (AvgIpc) is 3.18. The van der Waals surface area contributed by atoms with Crippen LogP contribution in [0.5, 0.6) is 0 Å². The Labute approximate surface area is 159 Å². The molecule has 2 heterocycles. The number of nitro benzene ring substituents is 1. The summed E-state index contributed by atoms with van der Waals surface area (Å²) < 4.78 is 5.11. The lowest BCUT2D eigenvalue weighted by Gasteiger charge is -2.33. The molecule has 1 saturated heterocycles. The fraction of sp³-hybridized carbons (Fsp3) is 0.294. The van der Waals surface area contributed by atoms with Crippen molar-refractivity contribution >= 4 is 34.8 Å². The number of rotatable bonds is 5. The zero-order chi connectivity index (χ0) is 19.4. The van der Waals surface area contributed by atoms with E-state index < -0.39 is 4.92 Å². The van der Waals surface area contributed by atoms with E-state index in [9.17, 15) is 19.7 Å². The summed E-state index contributed by atoms with van der Waals surface area (Å²) in [7, 11) is 0. The molecule has 2 aromatic rings. The molecule has 2 amide bonds. The summed E-state index contributed by atoms with van der Waals surface area (Å²) in [5.41, 5.74) is 0.0438. The van der Waals surface area contributed by atoms with Gasteiger partial charge in [0.25, 0.3) is 11.6 Å². The minimum absolute atomic E-state index is 0.00958. The normalized spacial score (nSPS) is 14.8. The summed E-state index contributed by atoms with van der Waals surface area (Å²) in [4.78, 5) is 38.3. The average molecular weight is 393 g/mol. The molecule has 9 nitrogen and oxygen atoms in total. The van der Waals surface area contributed by atoms with E-state index >= 15 is 0 Å². The number of furan rings is 1. The molecule has 0 spiro atoms. The maximum Gasteiger partial charge on any atom is 0.289 e. The highest BCUT2D eigenvalue weighted by Crippen LogP contribution is 2.27. The van der Waals surface area contributed by atoms with Crippen molar-refractivity contribution in [1.29, 1.82) is 0 Å². The van der Waals surface area contributed by atoms with Gasteiger partial charge in [0.05, 0.1) is 17.7 Å². The van der Waals surface area contributed by atoms with Crippen LogP contribution in [0, 0.1) is 10.1 Å². The van der Waals surface area contributed by atoms with E-state index in [-0.39, 0.29) is 29.1 Å². The van der Waals surface area contributed by atoms with Crippen molar-refractivity contribution in [1.82, 2.24) is 9.80 Å². The second-order valence-electron chi connectivity index (χ2n) is 6.02. The molecule has 0 atom stereocenters. The van der Waals surface area contributed by atoms with E-state index in [1.165, 1.54) is 24.5 Å². The Balaban J connectivity index is 1.50. The first kappa shape index (κ1) is 18.9. The lowest BCUT2D eigenvalue weighted by Crippen LogP contribution is -2.50. The molecule has 0 bridgehead atoms. The Bertz CT molecular complexity index is 847. The molecule has 27 heavy (non-hydrogen) atoms. The van der Waals surface area contributed by atoms with E-state index in [1.807, 2.05) is 4.90 Å². The fourth-order valence-electron chi connectivity index (χ4n) is 2.80. The SMILES string of the molecule is O=C(CN1CCN(C(=O)c2ccco2)CC1)Nc1ccc(Cl)c([N+](=O)[O-])c1. The van der Waals surface area contributed by atoms with Crippen molar-refractivity contribution in [2.24, 2.45) is 0 Å². The molecule has 1 aliphatic heterocycles. The van der Waals surface area contributed by atoms with Gasteiger partial charge in [0.2, 0.25) is 5.91 Å². The number of carbonyl (C=O) groups excluding carboxylic acids is 2. The molecule has 1 aliphatic rings. The van der Waals surface area contributed by atoms with E-state index in [1.54, 1.807) is 17.0 Å². The number of anilines is 1. The van der Waals surface area contributed by atoms with Crippen molar-refractivity contribution < 1.29 is 18.9 Å². The van der Waals surface area contributed by atoms with Gasteiger partial charge in [-0.1, -0.05) is 11.6 Å². The molecule has 0 saturated carbocycles. The Morgan fingerprint density at radius 1 is 1.22 bits per heavy atom. The van der Waals surface area contributed by atoms with Crippen LogP contribution < -0.4 is 5.32 Å². The first-order valence-electron chi connectivity index (χ1n) is 8.23. The monoisotopic (exact) mass is 392 g/mol. The number of piperazine rings is 1. The molecule has 0 aliphatic carbocycles. The first-order chi connectivity index (χ1) is 12.9. The van der Waals surface area contributed by atoms with Crippen LogP contribution in [-0.4, -0.2) is 59.3 Å². The predicted octanol–water partition coefficient (Wildman–Crippen LogP) is 2.24. The standard InChI is InChI=1S/C17H17ClN4O5/c18-13-4-3-12(10-14(13)22(25)26)19-16(23)11-20-5-7-21(8-6-20)17(24)15-2-1-9-27-15/h1-4,9-10H,5-8,11H2,(H,19,23). The van der Waals surface area contributed by atoms with Gasteiger partial charge in [0.1, 0.15) is 5.02 Å². The maximum absolute atomic E-state index is 12.2. The fourth-order valence-corrected chi connectivity index (χ4v) is 2.99. The molecule has 10 heteroatoms. The largest absolute Gasteiger partial charge is 0.459 e. The van der Waals surface area contributed by atoms with Gasteiger partial charge < -0.3 is 14.6 Å². The summed E-state index contributed by atoms with van der Waals surface area (Å²) >= 11 is 5.76. The first-order valence-corrected chi connectivity index (χ1v) is 8.61. The number of benzene rings is 1. The second-order valence-corrected chi connectivity index (χ2v) is 6.42. The van der Waals surface area contributed by atoms with Crippen LogP contribution in [0.2, 0.25) is 5.02 Å². The van der Waals surface area contributed by atoms with Crippen molar-refractivity contribution in [3.63, 3.8) is 0 Å². The van der Waals surface area contributed by atoms with Crippen molar-refractivity contribution in [2.45, 2.75) is 0 Å². The van der Waals surface area contributed by atoms with E-state index in [0.717, 1.165) is 0 Å². The Hall–Kier alpha value is -2.91. The van der Waals surface area contributed by atoms with Crippen LogP contribution in [0.3, 0.4) is 0 Å². The summed E-state index contributed by atoms with van der Waals surface area (Å²) in [6.07, 6.45) is 1.45. The van der Waals surface area contributed by atoms with Gasteiger partial charge >= 0.3 is 0 Å². The number of nitrogens with one attached hydrogen (secondary N) is 1. The molecule has 1 aromatic heterocycles. The summed E-state index contributed by atoms with van der Waals surface area (Å²) in [5.74, 6) is -0.166. The van der Waals surface area contributed by atoms with E-state index in [2.05, 4.69) is 5.32 Å². The molecule has 0 unspecified atom stereocenters. The highest BCUT2D eigenvalue weighted by Gasteiger charge is 2.24. The highest BCUT2D eigenvalue weighted by atomic mass is 35.5. The third kappa shape index (κ3) is 4.63. The van der Waals surface area contributed by atoms with Crippen LogP contribution in [-0.2, 0) is 4.79 Å². The number of hydrogen-bond donors (Lipinski definition) is 1. The van der Waals surface area contributed by atoms with Gasteiger partial charge in [-0.25, -0.2) is 0 Å². The predicted molar refractivity (Wildman–Crippen MR) is 97.8 cm³/mol. The van der Waals surface area contributed by atoms with Crippen LogP contribution in [0.25, 0.3) is 0 Å². The van der Waals surface area contributed by atoms with Crippen molar-refractivity contribution in [3.05, 3.63) is 57.5 Å². The molecular formula is C17H17ClN4O5. The maximum atomic E-state index is 12.2.